The van der Waals surface area contributed by atoms with Crippen molar-refractivity contribution >= 4 is 34.2 Å². The number of allylic oxidation sites excluding steroid dienone is 1. The van der Waals surface area contributed by atoms with Crippen LogP contribution in [0.25, 0.3) is 11.0 Å². The van der Waals surface area contributed by atoms with Crippen molar-refractivity contribution in [3.63, 3.8) is 0 Å². The summed E-state index contributed by atoms with van der Waals surface area (Å²) < 4.78 is 0. The van der Waals surface area contributed by atoms with Crippen molar-refractivity contribution in [3.8, 4) is 6.07 Å². The first-order valence-electron chi connectivity index (χ1n) is 7.90. The van der Waals surface area contributed by atoms with Crippen molar-refractivity contribution in [2.45, 2.75) is 13.8 Å². The Hall–Kier alpha value is -3.23. The summed E-state index contributed by atoms with van der Waals surface area (Å²) in [5.74, 6) is 0.119. The summed E-state index contributed by atoms with van der Waals surface area (Å²) >= 11 is 5.82. The molecule has 0 unspecified atom stereocenters. The van der Waals surface area contributed by atoms with E-state index >= 15 is 0 Å². The third-order valence-corrected chi connectivity index (χ3v) is 4.10. The number of ketones is 1. The number of benzene rings is 1. The number of halogens is 1. The van der Waals surface area contributed by atoms with Crippen LogP contribution in [-0.2, 0) is 0 Å². The number of fused-ring (bicyclic) bond motifs is 1. The number of nitriles is 1. The molecule has 0 aliphatic heterocycles. The first-order valence-corrected chi connectivity index (χ1v) is 8.28. The number of hydrogen-bond donors (Lipinski definition) is 1. The van der Waals surface area contributed by atoms with Crippen LogP contribution < -0.4 is 5.32 Å². The SMILES string of the molecule is Cc1cc(C)c2ccc(NC=C(C#N)C(=O)c3ccc(Cl)cc3)nc2n1. The van der Waals surface area contributed by atoms with Crippen LogP contribution in [0.5, 0.6) is 0 Å². The van der Waals surface area contributed by atoms with Gasteiger partial charge in [0.1, 0.15) is 17.5 Å². The molecule has 0 fully saturated rings. The van der Waals surface area contributed by atoms with Gasteiger partial charge in [0.25, 0.3) is 0 Å². The highest BCUT2D eigenvalue weighted by Gasteiger charge is 2.12. The summed E-state index contributed by atoms with van der Waals surface area (Å²) in [6, 6.07) is 14.0. The number of hydrogen-bond acceptors (Lipinski definition) is 5. The quantitative estimate of drug-likeness (QED) is 0.416. The summed E-state index contributed by atoms with van der Waals surface area (Å²) in [7, 11) is 0. The van der Waals surface area contributed by atoms with E-state index in [1.165, 1.54) is 6.20 Å². The van der Waals surface area contributed by atoms with Crippen LogP contribution in [0.1, 0.15) is 21.6 Å². The Morgan fingerprint density at radius 1 is 1.15 bits per heavy atom. The molecule has 5 nitrogen and oxygen atoms in total. The molecule has 0 aliphatic rings. The van der Waals surface area contributed by atoms with E-state index in [9.17, 15) is 10.1 Å². The predicted octanol–water partition coefficient (Wildman–Crippen LogP) is 4.60. The van der Waals surface area contributed by atoms with Crippen LogP contribution in [0, 0.1) is 25.2 Å². The van der Waals surface area contributed by atoms with Gasteiger partial charge in [0, 0.05) is 27.9 Å². The van der Waals surface area contributed by atoms with Crippen molar-refractivity contribution in [3.05, 3.63) is 76.1 Å². The normalized spacial score (nSPS) is 11.2. The van der Waals surface area contributed by atoms with Crippen molar-refractivity contribution in [2.75, 3.05) is 5.32 Å². The Balaban J connectivity index is 1.87. The van der Waals surface area contributed by atoms with E-state index in [1.54, 1.807) is 30.3 Å². The zero-order valence-corrected chi connectivity index (χ0v) is 15.0. The van der Waals surface area contributed by atoms with Crippen LogP contribution in [-0.4, -0.2) is 15.8 Å². The monoisotopic (exact) mass is 362 g/mol. The van der Waals surface area contributed by atoms with Gasteiger partial charge >= 0.3 is 0 Å². The summed E-state index contributed by atoms with van der Waals surface area (Å²) in [6.07, 6.45) is 1.35. The number of carbonyl (C=O) groups excluding carboxylic acids is 1. The molecule has 2 aromatic heterocycles. The Morgan fingerprint density at radius 2 is 1.88 bits per heavy atom. The molecule has 0 aliphatic carbocycles. The molecule has 3 aromatic rings. The van der Waals surface area contributed by atoms with Gasteiger partial charge in [0.15, 0.2) is 5.65 Å². The predicted molar refractivity (Wildman–Crippen MR) is 102 cm³/mol. The molecule has 1 aromatic carbocycles. The molecule has 1 N–H and O–H groups in total. The Bertz CT molecular complexity index is 1070. The molecule has 3 rings (SSSR count). The lowest BCUT2D eigenvalue weighted by molar-refractivity contribution is 0.103. The highest BCUT2D eigenvalue weighted by Crippen LogP contribution is 2.19. The molecule has 2 heterocycles. The first kappa shape index (κ1) is 17.6. The highest BCUT2D eigenvalue weighted by molar-refractivity contribution is 6.30. The van der Waals surface area contributed by atoms with Gasteiger partial charge in [-0.15, -0.1) is 0 Å². The fraction of sp³-hybridized carbons (Fsp3) is 0.100. The van der Waals surface area contributed by atoms with Crippen molar-refractivity contribution in [2.24, 2.45) is 0 Å². The van der Waals surface area contributed by atoms with Crippen LogP contribution in [0.4, 0.5) is 5.82 Å². The number of nitrogens with zero attached hydrogens (tertiary/aromatic N) is 3. The van der Waals surface area contributed by atoms with Gasteiger partial charge in [0.05, 0.1) is 0 Å². The van der Waals surface area contributed by atoms with E-state index in [0.717, 1.165) is 16.6 Å². The fourth-order valence-electron chi connectivity index (χ4n) is 2.56. The Labute approximate surface area is 156 Å². The van der Waals surface area contributed by atoms with Crippen LogP contribution >= 0.6 is 11.6 Å². The topological polar surface area (TPSA) is 78.7 Å². The number of aryl methyl sites for hydroxylation is 2. The average molecular weight is 363 g/mol. The summed E-state index contributed by atoms with van der Waals surface area (Å²) in [4.78, 5) is 21.3. The minimum Gasteiger partial charge on any atom is -0.345 e. The molecule has 0 amide bonds. The zero-order valence-electron chi connectivity index (χ0n) is 14.2. The van der Waals surface area contributed by atoms with E-state index < -0.39 is 0 Å². The fourth-order valence-corrected chi connectivity index (χ4v) is 2.69. The molecule has 26 heavy (non-hydrogen) atoms. The third-order valence-electron chi connectivity index (χ3n) is 3.84. The maximum absolute atomic E-state index is 12.4. The Morgan fingerprint density at radius 3 is 2.58 bits per heavy atom. The summed E-state index contributed by atoms with van der Waals surface area (Å²) in [5, 5.41) is 13.7. The maximum Gasteiger partial charge on any atom is 0.205 e. The summed E-state index contributed by atoms with van der Waals surface area (Å²) in [6.45, 7) is 3.91. The van der Waals surface area contributed by atoms with Gasteiger partial charge in [-0.25, -0.2) is 9.97 Å². The van der Waals surface area contributed by atoms with E-state index in [-0.39, 0.29) is 11.4 Å². The van der Waals surface area contributed by atoms with Gasteiger partial charge in [-0.2, -0.15) is 5.26 Å². The largest absolute Gasteiger partial charge is 0.345 e. The van der Waals surface area contributed by atoms with Crippen molar-refractivity contribution in [1.82, 2.24) is 9.97 Å². The number of nitrogens with one attached hydrogen (secondary N) is 1. The van der Waals surface area contributed by atoms with E-state index in [2.05, 4.69) is 15.3 Å². The van der Waals surface area contributed by atoms with Crippen molar-refractivity contribution < 1.29 is 4.79 Å². The number of aromatic nitrogens is 2. The van der Waals surface area contributed by atoms with E-state index in [1.807, 2.05) is 32.0 Å². The molecular weight excluding hydrogens is 348 g/mol. The average Bonchev–Trinajstić information content (AvgIpc) is 2.62. The third kappa shape index (κ3) is 3.71. The molecule has 6 heteroatoms. The lowest BCUT2D eigenvalue weighted by Crippen LogP contribution is -2.05. The van der Waals surface area contributed by atoms with Gasteiger partial charge in [-0.1, -0.05) is 11.6 Å². The van der Waals surface area contributed by atoms with Crippen LogP contribution in [0.15, 0.2) is 54.2 Å². The number of rotatable bonds is 4. The van der Waals surface area contributed by atoms with E-state index in [4.69, 9.17) is 11.6 Å². The molecule has 0 radical (unpaired) electrons. The first-order chi connectivity index (χ1) is 12.5. The number of Topliss-reactive ketones (excluding diaryl/α,β-unsaturated/α-hetero) is 1. The second-order valence-corrected chi connectivity index (χ2v) is 6.23. The van der Waals surface area contributed by atoms with Crippen LogP contribution in [0.3, 0.4) is 0 Å². The van der Waals surface area contributed by atoms with Gasteiger partial charge < -0.3 is 5.32 Å². The molecule has 0 atom stereocenters. The second kappa shape index (κ2) is 7.34. The standard InChI is InChI=1S/C20H15ClN4O/c1-12-9-13(2)24-20-17(12)7-8-18(25-20)23-11-15(10-22)19(26)14-3-5-16(21)6-4-14/h3-9,11H,1-2H3,(H,23,24,25). The number of anilines is 1. The summed E-state index contributed by atoms with van der Waals surface area (Å²) in [5.41, 5.74) is 2.96. The highest BCUT2D eigenvalue weighted by atomic mass is 35.5. The lowest BCUT2D eigenvalue weighted by atomic mass is 10.1. The van der Waals surface area contributed by atoms with Crippen molar-refractivity contribution in [1.29, 1.82) is 5.26 Å². The molecule has 0 bridgehead atoms. The van der Waals surface area contributed by atoms with Gasteiger partial charge in [-0.05, 0) is 61.9 Å². The smallest absolute Gasteiger partial charge is 0.205 e. The molecule has 0 spiro atoms. The lowest BCUT2D eigenvalue weighted by Gasteiger charge is -2.06. The molecule has 128 valence electrons. The van der Waals surface area contributed by atoms with Gasteiger partial charge in [0.2, 0.25) is 5.78 Å². The van der Waals surface area contributed by atoms with Crippen LogP contribution in [0.2, 0.25) is 5.02 Å². The Kier molecular flexibility index (Phi) is 4.97. The molecule has 0 saturated carbocycles. The van der Waals surface area contributed by atoms with Gasteiger partial charge in [-0.3, -0.25) is 4.79 Å². The zero-order chi connectivity index (χ0) is 18.7. The number of pyridine rings is 2. The minimum atomic E-state index is -0.387. The maximum atomic E-state index is 12.4. The second-order valence-electron chi connectivity index (χ2n) is 5.80. The minimum absolute atomic E-state index is 0.0254. The van der Waals surface area contributed by atoms with E-state index in [0.29, 0.717) is 22.1 Å². The number of carbonyl (C=O) groups is 1. The molecule has 0 saturated heterocycles. The molecular formula is C20H15ClN4O.